The van der Waals surface area contributed by atoms with Crippen molar-refractivity contribution in [3.8, 4) is 23.4 Å². The molecule has 0 saturated carbocycles. The molecule has 0 radical (unpaired) electrons. The number of imidazole rings is 1. The zero-order valence-corrected chi connectivity index (χ0v) is 25.6. The monoisotopic (exact) mass is 604 g/mol. The molecule has 42 heavy (non-hydrogen) atoms. The molecule has 5 rings (SSSR count). The minimum atomic E-state index is -0.329. The van der Waals surface area contributed by atoms with E-state index in [2.05, 4.69) is 46.4 Å². The average Bonchev–Trinajstić information content (AvgIpc) is 3.71. The zero-order chi connectivity index (χ0) is 29.8. The molecule has 4 aromatic rings. The molecule has 1 aliphatic rings. The molecule has 12 heteroatoms. The number of piperidine rings is 1. The normalized spacial score (nSPS) is 14.1. The Morgan fingerprint density at radius 2 is 1.88 bits per heavy atom. The van der Waals surface area contributed by atoms with Gasteiger partial charge in [-0.1, -0.05) is 18.3 Å². The van der Waals surface area contributed by atoms with Crippen LogP contribution in [0.4, 0.5) is 15.3 Å². The summed E-state index contributed by atoms with van der Waals surface area (Å²) in [6.45, 7) is 7.33. The van der Waals surface area contributed by atoms with E-state index in [1.807, 2.05) is 0 Å². The molecule has 0 bridgehead atoms. The largest absolute Gasteiger partial charge is 0.344 e. The number of aryl methyl sites for hydroxylation is 1. The number of likely N-dealkylation sites (tertiary alicyclic amines) is 1. The van der Waals surface area contributed by atoms with Crippen molar-refractivity contribution in [3.05, 3.63) is 51.7 Å². The number of amides is 1. The van der Waals surface area contributed by atoms with E-state index in [0.29, 0.717) is 53.2 Å². The Kier molecular flexibility index (Phi) is 9.17. The molecule has 1 aliphatic heterocycles. The summed E-state index contributed by atoms with van der Waals surface area (Å²) in [5.74, 6) is 1.08. The Morgan fingerprint density at radius 1 is 1.14 bits per heavy atom. The summed E-state index contributed by atoms with van der Waals surface area (Å²) in [4.78, 5) is 31.0. The van der Waals surface area contributed by atoms with Gasteiger partial charge < -0.3 is 9.80 Å². The molecule has 1 amide bonds. The van der Waals surface area contributed by atoms with Gasteiger partial charge in [-0.15, -0.1) is 11.3 Å². The summed E-state index contributed by atoms with van der Waals surface area (Å²) in [5.41, 5.74) is 2.24. The molecule has 9 nitrogen and oxygen atoms in total. The fourth-order valence-electron chi connectivity index (χ4n) is 5.32. The number of aromatic nitrogens is 3. The Morgan fingerprint density at radius 3 is 2.52 bits per heavy atom. The summed E-state index contributed by atoms with van der Waals surface area (Å²) in [6, 6.07) is 10.4. The van der Waals surface area contributed by atoms with Gasteiger partial charge in [0.05, 0.1) is 24.7 Å². The van der Waals surface area contributed by atoms with Crippen LogP contribution in [0.5, 0.6) is 0 Å². The highest BCUT2D eigenvalue weighted by molar-refractivity contribution is 7.17. The number of anilines is 2. The van der Waals surface area contributed by atoms with Crippen molar-refractivity contribution in [1.82, 2.24) is 24.2 Å². The van der Waals surface area contributed by atoms with E-state index >= 15 is 0 Å². The predicted molar refractivity (Wildman–Crippen MR) is 164 cm³/mol. The summed E-state index contributed by atoms with van der Waals surface area (Å²) in [5, 5.41) is 19.3. The van der Waals surface area contributed by atoms with Crippen LogP contribution in [-0.2, 0) is 11.2 Å². The molecule has 0 atom stereocenters. The molecule has 0 unspecified atom stereocenters. The van der Waals surface area contributed by atoms with Gasteiger partial charge in [0.1, 0.15) is 28.3 Å². The molecule has 218 valence electrons. The van der Waals surface area contributed by atoms with Crippen LogP contribution >= 0.6 is 22.7 Å². The number of thiazole rings is 2. The van der Waals surface area contributed by atoms with Gasteiger partial charge in [-0.25, -0.2) is 14.4 Å². The lowest BCUT2D eigenvalue weighted by Crippen LogP contribution is -2.42. The van der Waals surface area contributed by atoms with Gasteiger partial charge in [-0.05, 0) is 69.5 Å². The van der Waals surface area contributed by atoms with Crippen LogP contribution in [0.1, 0.15) is 54.5 Å². The van der Waals surface area contributed by atoms with E-state index in [1.165, 1.54) is 28.3 Å². The first-order valence-corrected chi connectivity index (χ1v) is 15.8. The molecular formula is C30H33FN8OS2. The van der Waals surface area contributed by atoms with Crippen molar-refractivity contribution in [2.75, 3.05) is 44.7 Å². The van der Waals surface area contributed by atoms with Crippen molar-refractivity contribution in [1.29, 1.82) is 10.5 Å². The molecule has 0 N–H and O–H groups in total. The Hall–Kier alpha value is -3.84. The first-order chi connectivity index (χ1) is 20.4. The Bertz CT molecular complexity index is 1640. The van der Waals surface area contributed by atoms with Gasteiger partial charge >= 0.3 is 0 Å². The van der Waals surface area contributed by atoms with Crippen LogP contribution in [0, 0.1) is 28.5 Å². The van der Waals surface area contributed by atoms with Crippen LogP contribution in [0.25, 0.3) is 16.2 Å². The number of likely N-dealkylation sites (N-methyl/N-ethyl adjacent to an activating group) is 1. The molecule has 1 aromatic carbocycles. The predicted octanol–water partition coefficient (Wildman–Crippen LogP) is 5.80. The minimum Gasteiger partial charge on any atom is -0.344 e. The van der Waals surface area contributed by atoms with Gasteiger partial charge in [0, 0.05) is 36.8 Å². The lowest BCUT2D eigenvalue weighted by Gasteiger charge is -2.32. The minimum absolute atomic E-state index is 0.0546. The second-order valence-corrected chi connectivity index (χ2v) is 12.4. The van der Waals surface area contributed by atoms with Crippen molar-refractivity contribution >= 4 is 44.5 Å². The number of nitriles is 2. The standard InChI is InChI=1S/C30H33FN8OS2/c1-4-23-28(38(5-2)30-35-27(24(17-33)41-30)21-7-9-22(31)10-8-21)39-18-25(42-29(39)34-23)20-11-15-37(16-12-20)19-26(40)36(3)14-6-13-32/h7-10,18,20H,4-6,11-12,14-16,19H2,1-3H3. The molecule has 3 aromatic heterocycles. The van der Waals surface area contributed by atoms with Crippen molar-refractivity contribution < 1.29 is 9.18 Å². The lowest BCUT2D eigenvalue weighted by atomic mass is 9.96. The third-order valence-electron chi connectivity index (χ3n) is 7.69. The quantitative estimate of drug-likeness (QED) is 0.225. The first kappa shape index (κ1) is 29.6. The maximum Gasteiger partial charge on any atom is 0.236 e. The Balaban J connectivity index is 1.37. The van der Waals surface area contributed by atoms with Crippen molar-refractivity contribution in [3.63, 3.8) is 0 Å². The highest BCUT2D eigenvalue weighted by atomic mass is 32.1. The van der Waals surface area contributed by atoms with Crippen LogP contribution in [0.3, 0.4) is 0 Å². The Labute approximate surface area is 253 Å². The number of carbonyl (C=O) groups excluding carboxylic acids is 1. The number of benzene rings is 1. The fourth-order valence-corrected chi connectivity index (χ4v) is 7.43. The maximum absolute atomic E-state index is 13.5. The third kappa shape index (κ3) is 6.02. The number of hydrogen-bond acceptors (Lipinski definition) is 9. The van der Waals surface area contributed by atoms with Crippen LogP contribution in [-0.4, -0.2) is 69.8 Å². The van der Waals surface area contributed by atoms with E-state index in [9.17, 15) is 14.4 Å². The smallest absolute Gasteiger partial charge is 0.236 e. The van der Waals surface area contributed by atoms with E-state index in [0.717, 1.165) is 48.8 Å². The molecule has 1 saturated heterocycles. The molecule has 0 aliphatic carbocycles. The van der Waals surface area contributed by atoms with Gasteiger partial charge in [-0.2, -0.15) is 10.5 Å². The molecular weight excluding hydrogens is 572 g/mol. The van der Waals surface area contributed by atoms with Gasteiger partial charge in [-0.3, -0.25) is 14.1 Å². The first-order valence-electron chi connectivity index (χ1n) is 14.1. The highest BCUT2D eigenvalue weighted by Gasteiger charge is 2.28. The molecule has 1 fully saturated rings. The molecule has 0 spiro atoms. The van der Waals surface area contributed by atoms with E-state index < -0.39 is 0 Å². The van der Waals surface area contributed by atoms with E-state index in [-0.39, 0.29) is 11.7 Å². The van der Waals surface area contributed by atoms with E-state index in [4.69, 9.17) is 15.2 Å². The fraction of sp³-hybridized carbons (Fsp3) is 0.433. The number of nitrogens with zero attached hydrogens (tertiary/aromatic N) is 8. The SMILES string of the molecule is CCc1nc2sc(C3CCN(CC(=O)N(C)CCC#N)CC3)cn2c1N(CC)c1nc(-c2ccc(F)cc2)c(C#N)s1. The van der Waals surface area contributed by atoms with Crippen molar-refractivity contribution in [2.24, 2.45) is 0 Å². The van der Waals surface area contributed by atoms with Gasteiger partial charge in [0.2, 0.25) is 5.91 Å². The maximum atomic E-state index is 13.5. The number of hydrogen-bond donors (Lipinski definition) is 0. The van der Waals surface area contributed by atoms with Gasteiger partial charge in [0.25, 0.3) is 0 Å². The highest BCUT2D eigenvalue weighted by Crippen LogP contribution is 2.40. The number of rotatable bonds is 10. The average molecular weight is 605 g/mol. The number of fused-ring (bicyclic) bond motifs is 1. The lowest BCUT2D eigenvalue weighted by molar-refractivity contribution is -0.131. The number of carbonyl (C=O) groups is 1. The third-order valence-corrected chi connectivity index (χ3v) is 9.82. The summed E-state index contributed by atoms with van der Waals surface area (Å²) < 4.78 is 15.7. The zero-order valence-electron chi connectivity index (χ0n) is 24.0. The van der Waals surface area contributed by atoms with E-state index in [1.54, 1.807) is 35.4 Å². The molecule has 4 heterocycles. The summed E-state index contributed by atoms with van der Waals surface area (Å²) in [7, 11) is 1.76. The second-order valence-electron chi connectivity index (χ2n) is 10.3. The summed E-state index contributed by atoms with van der Waals surface area (Å²) in [6.07, 6.45) is 5.23. The van der Waals surface area contributed by atoms with Crippen LogP contribution < -0.4 is 4.90 Å². The van der Waals surface area contributed by atoms with Gasteiger partial charge in [0.15, 0.2) is 10.1 Å². The van der Waals surface area contributed by atoms with Crippen LogP contribution in [0.15, 0.2) is 30.5 Å². The van der Waals surface area contributed by atoms with Crippen molar-refractivity contribution in [2.45, 2.75) is 45.4 Å². The topological polar surface area (TPSA) is 105 Å². The van der Waals surface area contributed by atoms with Crippen LogP contribution in [0.2, 0.25) is 0 Å². The second kappa shape index (κ2) is 13.0. The number of halogens is 1. The summed E-state index contributed by atoms with van der Waals surface area (Å²) >= 11 is 3.05.